The minimum absolute atomic E-state index is 0.00611. The summed E-state index contributed by atoms with van der Waals surface area (Å²) in [6.07, 6.45) is -0.366. The lowest BCUT2D eigenvalue weighted by atomic mass is 10.1. The summed E-state index contributed by atoms with van der Waals surface area (Å²) in [6.45, 7) is 0.195. The van der Waals surface area contributed by atoms with Crippen LogP contribution in [0.4, 0.5) is 0 Å². The molecule has 11 nitrogen and oxygen atoms in total. The highest BCUT2D eigenvalue weighted by Gasteiger charge is 2.22. The molecule has 39 heavy (non-hydrogen) atoms. The molecule has 2 amide bonds. The van der Waals surface area contributed by atoms with Gasteiger partial charge < -0.3 is 29.6 Å². The Kier molecular flexibility index (Phi) is 7.30. The van der Waals surface area contributed by atoms with Crippen LogP contribution in [-0.4, -0.2) is 61.6 Å². The van der Waals surface area contributed by atoms with Crippen molar-refractivity contribution in [2.24, 2.45) is 0 Å². The first kappa shape index (κ1) is 25.6. The first-order valence-corrected chi connectivity index (χ1v) is 12.2. The summed E-state index contributed by atoms with van der Waals surface area (Å²) >= 11 is 0. The third kappa shape index (κ3) is 5.33. The van der Waals surface area contributed by atoms with Gasteiger partial charge >= 0.3 is 0 Å². The Morgan fingerprint density at radius 2 is 1.67 bits per heavy atom. The second-order valence-corrected chi connectivity index (χ2v) is 8.63. The summed E-state index contributed by atoms with van der Waals surface area (Å²) in [5, 5.41) is 10.3. The Morgan fingerprint density at radius 1 is 0.949 bits per heavy atom. The zero-order chi connectivity index (χ0) is 27.4. The van der Waals surface area contributed by atoms with Gasteiger partial charge in [0, 0.05) is 11.5 Å². The molecule has 0 saturated carbocycles. The highest BCUT2D eigenvalue weighted by Crippen LogP contribution is 2.31. The van der Waals surface area contributed by atoms with Crippen molar-refractivity contribution in [1.82, 2.24) is 20.4 Å². The lowest BCUT2D eigenvalue weighted by molar-refractivity contribution is -0.120. The molecule has 1 aliphatic rings. The molecule has 1 aliphatic heterocycles. The predicted molar refractivity (Wildman–Crippen MR) is 142 cm³/mol. The Labute approximate surface area is 223 Å². The van der Waals surface area contributed by atoms with Gasteiger partial charge in [0.25, 0.3) is 11.5 Å². The van der Waals surface area contributed by atoms with Gasteiger partial charge in [-0.3, -0.25) is 14.4 Å². The first-order chi connectivity index (χ1) is 19.0. The molecule has 1 atom stereocenters. The molecule has 0 aliphatic carbocycles. The van der Waals surface area contributed by atoms with Crippen molar-refractivity contribution >= 4 is 22.6 Å². The van der Waals surface area contributed by atoms with Crippen molar-refractivity contribution in [3.8, 4) is 28.7 Å². The van der Waals surface area contributed by atoms with E-state index in [-0.39, 0.29) is 31.5 Å². The van der Waals surface area contributed by atoms with Crippen molar-refractivity contribution in [3.63, 3.8) is 0 Å². The molecule has 3 aromatic carbocycles. The van der Waals surface area contributed by atoms with Crippen molar-refractivity contribution in [2.75, 3.05) is 33.9 Å². The molecule has 5 rings (SSSR count). The third-order valence-electron chi connectivity index (χ3n) is 6.14. The third-order valence-corrected chi connectivity index (χ3v) is 6.14. The molecular formula is C28H26N4O7. The van der Waals surface area contributed by atoms with E-state index in [9.17, 15) is 14.4 Å². The van der Waals surface area contributed by atoms with E-state index >= 15 is 0 Å². The molecule has 200 valence electrons. The fraction of sp³-hybridized carbons (Fsp3) is 0.214. The molecule has 0 radical (unpaired) electrons. The molecule has 4 aromatic rings. The van der Waals surface area contributed by atoms with Gasteiger partial charge in [0.2, 0.25) is 5.91 Å². The maximum absolute atomic E-state index is 13.2. The van der Waals surface area contributed by atoms with Crippen molar-refractivity contribution < 1.29 is 28.5 Å². The van der Waals surface area contributed by atoms with Crippen LogP contribution in [0.15, 0.2) is 71.5 Å². The van der Waals surface area contributed by atoms with Gasteiger partial charge in [-0.2, -0.15) is 9.78 Å². The van der Waals surface area contributed by atoms with E-state index in [1.807, 2.05) is 18.2 Å². The molecule has 11 heteroatoms. The zero-order valence-electron chi connectivity index (χ0n) is 21.3. The molecule has 2 heterocycles. The Morgan fingerprint density at radius 3 is 2.44 bits per heavy atom. The quantitative estimate of drug-likeness (QED) is 0.354. The van der Waals surface area contributed by atoms with Crippen LogP contribution in [0.1, 0.15) is 10.5 Å². The van der Waals surface area contributed by atoms with Crippen LogP contribution < -0.4 is 35.1 Å². The van der Waals surface area contributed by atoms with Gasteiger partial charge in [-0.15, -0.1) is 0 Å². The van der Waals surface area contributed by atoms with Gasteiger partial charge in [0.1, 0.15) is 12.7 Å². The van der Waals surface area contributed by atoms with Crippen molar-refractivity contribution in [3.05, 3.63) is 82.8 Å². The first-order valence-electron chi connectivity index (χ1n) is 12.2. The Balaban J connectivity index is 1.31. The Bertz CT molecular complexity index is 1600. The number of amides is 2. The minimum Gasteiger partial charge on any atom is -0.493 e. The van der Waals surface area contributed by atoms with Crippen LogP contribution >= 0.6 is 0 Å². The van der Waals surface area contributed by atoms with E-state index in [0.717, 1.165) is 4.68 Å². The molecule has 0 fully saturated rings. The van der Waals surface area contributed by atoms with E-state index in [1.165, 1.54) is 14.2 Å². The summed E-state index contributed by atoms with van der Waals surface area (Å²) in [5.74, 6) is 1.12. The number of para-hydroxylation sites is 2. The summed E-state index contributed by atoms with van der Waals surface area (Å²) in [5.41, 5.74) is -0.0386. The number of ether oxygens (including phenoxy) is 4. The number of methoxy groups -OCH3 is 2. The predicted octanol–water partition coefficient (Wildman–Crippen LogP) is 2.09. The molecule has 0 bridgehead atoms. The molecule has 0 unspecified atom stereocenters. The summed E-state index contributed by atoms with van der Waals surface area (Å²) in [6, 6.07) is 18.8. The molecule has 0 saturated heterocycles. The van der Waals surface area contributed by atoms with Crippen molar-refractivity contribution in [1.29, 1.82) is 0 Å². The van der Waals surface area contributed by atoms with E-state index in [4.69, 9.17) is 18.9 Å². The molecular weight excluding hydrogens is 504 g/mol. The van der Waals surface area contributed by atoms with E-state index in [2.05, 4.69) is 15.7 Å². The van der Waals surface area contributed by atoms with Crippen LogP contribution in [0.3, 0.4) is 0 Å². The number of aromatic nitrogens is 2. The minimum atomic E-state index is -0.609. The van der Waals surface area contributed by atoms with Crippen LogP contribution in [0.5, 0.6) is 23.0 Å². The van der Waals surface area contributed by atoms with Crippen LogP contribution in [0.2, 0.25) is 0 Å². The number of carbonyl (C=O) groups is 2. The smallest absolute Gasteiger partial charge is 0.279 e. The summed E-state index contributed by atoms with van der Waals surface area (Å²) < 4.78 is 23.2. The van der Waals surface area contributed by atoms with E-state index in [1.54, 1.807) is 48.5 Å². The van der Waals surface area contributed by atoms with Gasteiger partial charge in [-0.25, -0.2) is 0 Å². The van der Waals surface area contributed by atoms with Crippen LogP contribution in [-0.2, 0) is 4.79 Å². The maximum atomic E-state index is 13.2. The normalized spacial score (nSPS) is 13.9. The molecule has 0 spiro atoms. The number of nitrogens with zero attached hydrogens (tertiary/aromatic N) is 2. The van der Waals surface area contributed by atoms with Gasteiger partial charge in [0.05, 0.1) is 38.4 Å². The molecule has 2 N–H and O–H groups in total. The topological polar surface area (TPSA) is 130 Å². The number of benzene rings is 3. The number of hydrogen-bond donors (Lipinski definition) is 2. The lowest BCUT2D eigenvalue weighted by Gasteiger charge is -2.26. The average molecular weight is 531 g/mol. The highest BCUT2D eigenvalue weighted by atomic mass is 16.6. The summed E-state index contributed by atoms with van der Waals surface area (Å²) in [7, 11) is 2.99. The number of fused-ring (bicyclic) bond motifs is 2. The standard InChI is InChI=1S/C28H26N4O7/c1-36-21-12-11-17(13-24(21)37-2)32-28(35)20-8-4-3-7-19(20)26(31-32)27(34)30-15-25(33)29-14-18-16-38-22-9-5-6-10-23(22)39-18/h3-13,18H,14-16H2,1-2H3,(H,29,33)(H,30,34)/t18-/m1/s1. The summed E-state index contributed by atoms with van der Waals surface area (Å²) in [4.78, 5) is 38.9. The highest BCUT2D eigenvalue weighted by molar-refractivity contribution is 6.05. The van der Waals surface area contributed by atoms with E-state index < -0.39 is 17.4 Å². The van der Waals surface area contributed by atoms with Gasteiger partial charge in [-0.1, -0.05) is 30.3 Å². The fourth-order valence-electron chi connectivity index (χ4n) is 4.19. The largest absolute Gasteiger partial charge is 0.493 e. The number of carbonyl (C=O) groups excluding carboxylic acids is 2. The van der Waals surface area contributed by atoms with Gasteiger partial charge in [0.15, 0.2) is 28.7 Å². The zero-order valence-corrected chi connectivity index (χ0v) is 21.3. The Hall–Kier alpha value is -5.06. The number of rotatable bonds is 8. The lowest BCUT2D eigenvalue weighted by Crippen LogP contribution is -2.44. The maximum Gasteiger partial charge on any atom is 0.279 e. The molecule has 1 aromatic heterocycles. The van der Waals surface area contributed by atoms with E-state index in [0.29, 0.717) is 39.5 Å². The average Bonchev–Trinajstić information content (AvgIpc) is 2.98. The van der Waals surface area contributed by atoms with Crippen LogP contribution in [0, 0.1) is 0 Å². The SMILES string of the molecule is COc1ccc(-n2nc(C(=O)NCC(=O)NC[C@@H]3COc4ccccc4O3)c3ccccc3c2=O)cc1OC. The second kappa shape index (κ2) is 11.1. The monoisotopic (exact) mass is 530 g/mol. The van der Waals surface area contributed by atoms with Crippen LogP contribution in [0.25, 0.3) is 16.5 Å². The number of nitrogens with one attached hydrogen (secondary N) is 2. The van der Waals surface area contributed by atoms with Gasteiger partial charge in [-0.05, 0) is 30.3 Å². The number of hydrogen-bond acceptors (Lipinski definition) is 8. The second-order valence-electron chi connectivity index (χ2n) is 8.63. The fourth-order valence-corrected chi connectivity index (χ4v) is 4.19. The van der Waals surface area contributed by atoms with Crippen molar-refractivity contribution in [2.45, 2.75) is 6.10 Å².